The highest BCUT2D eigenvalue weighted by molar-refractivity contribution is 7.10. The van der Waals surface area contributed by atoms with E-state index in [1.165, 1.54) is 12.5 Å². The molecule has 2 heterocycles. The Morgan fingerprint density at radius 1 is 1.53 bits per heavy atom. The first-order valence-corrected chi connectivity index (χ1v) is 6.75. The van der Waals surface area contributed by atoms with Crippen molar-refractivity contribution in [3.8, 4) is 0 Å². The van der Waals surface area contributed by atoms with Crippen molar-refractivity contribution in [1.29, 1.82) is 0 Å². The van der Waals surface area contributed by atoms with Gasteiger partial charge in [0.05, 0.1) is 25.0 Å². The molecule has 102 valence electrons. The van der Waals surface area contributed by atoms with Gasteiger partial charge in [-0.1, -0.05) is 6.07 Å². The average molecular weight is 281 g/mol. The minimum Gasteiger partial charge on any atom is -0.472 e. The van der Waals surface area contributed by atoms with E-state index in [1.807, 2.05) is 17.5 Å². The maximum Gasteiger partial charge on any atom is 0.254 e. The van der Waals surface area contributed by atoms with Crippen LogP contribution in [-0.2, 0) is 4.74 Å². The molecule has 2 N–H and O–H groups in total. The van der Waals surface area contributed by atoms with E-state index in [4.69, 9.17) is 14.3 Å². The summed E-state index contributed by atoms with van der Waals surface area (Å²) in [6.07, 6.45) is 2.60. The van der Waals surface area contributed by atoms with Crippen LogP contribution in [0, 0.1) is 0 Å². The summed E-state index contributed by atoms with van der Waals surface area (Å²) in [7, 11) is 0. The Morgan fingerprint density at radius 2 is 2.42 bits per heavy atom. The smallest absolute Gasteiger partial charge is 0.254 e. The zero-order chi connectivity index (χ0) is 13.5. The van der Waals surface area contributed by atoms with Gasteiger partial charge in [0.25, 0.3) is 5.91 Å². The molecule has 0 aromatic carbocycles. The normalized spacial score (nSPS) is 12.3. The van der Waals surface area contributed by atoms with Crippen molar-refractivity contribution in [2.24, 2.45) is 0 Å². The number of hydrogen-bond acceptors (Lipinski definition) is 5. The van der Waals surface area contributed by atoms with Gasteiger partial charge in [-0.15, -0.1) is 11.3 Å². The first-order chi connectivity index (χ1) is 9.31. The molecule has 0 spiro atoms. The Hall–Kier alpha value is -1.63. The van der Waals surface area contributed by atoms with Gasteiger partial charge in [0.15, 0.2) is 0 Å². The second-order valence-corrected chi connectivity index (χ2v) is 4.80. The molecule has 0 fully saturated rings. The second kappa shape index (κ2) is 7.08. The number of thiophene rings is 1. The van der Waals surface area contributed by atoms with E-state index in [0.29, 0.717) is 12.1 Å². The first-order valence-electron chi connectivity index (χ1n) is 5.87. The van der Waals surface area contributed by atoms with Crippen LogP contribution in [0.1, 0.15) is 21.3 Å². The van der Waals surface area contributed by atoms with Gasteiger partial charge in [-0.2, -0.15) is 0 Å². The van der Waals surface area contributed by atoms with Gasteiger partial charge in [-0.05, 0) is 17.5 Å². The fourth-order valence-electron chi connectivity index (χ4n) is 1.59. The predicted molar refractivity (Wildman–Crippen MR) is 71.1 cm³/mol. The van der Waals surface area contributed by atoms with Crippen LogP contribution in [0.4, 0.5) is 0 Å². The molecule has 1 unspecified atom stereocenters. The number of carbonyl (C=O) groups is 1. The minimum atomic E-state index is -0.247. The van der Waals surface area contributed by atoms with Crippen LogP contribution in [0.3, 0.4) is 0 Å². The van der Waals surface area contributed by atoms with Crippen molar-refractivity contribution >= 4 is 17.2 Å². The third-order valence-electron chi connectivity index (χ3n) is 2.50. The van der Waals surface area contributed by atoms with E-state index in [0.717, 1.165) is 4.88 Å². The third kappa shape index (κ3) is 3.92. The lowest BCUT2D eigenvalue weighted by Crippen LogP contribution is -2.29. The molecule has 0 saturated heterocycles. The largest absolute Gasteiger partial charge is 0.472 e. The molecular formula is C13H15NO4S. The standard InChI is InChI=1S/C13H15NO4S/c15-4-6-18-11(12-2-1-7-19-12)8-14-13(16)10-3-5-17-9-10/h1-3,5,7,9,11,15H,4,6,8H2,(H,14,16). The van der Waals surface area contributed by atoms with Gasteiger partial charge in [0.1, 0.15) is 12.4 Å². The molecule has 0 saturated carbocycles. The molecule has 0 bridgehead atoms. The van der Waals surface area contributed by atoms with Gasteiger partial charge >= 0.3 is 0 Å². The Morgan fingerprint density at radius 3 is 3.05 bits per heavy atom. The van der Waals surface area contributed by atoms with Crippen molar-refractivity contribution in [3.63, 3.8) is 0 Å². The average Bonchev–Trinajstić information content (AvgIpc) is 3.11. The van der Waals surface area contributed by atoms with Gasteiger partial charge in [0, 0.05) is 11.4 Å². The van der Waals surface area contributed by atoms with Gasteiger partial charge < -0.3 is 19.6 Å². The van der Waals surface area contributed by atoms with E-state index in [1.54, 1.807) is 17.4 Å². The quantitative estimate of drug-likeness (QED) is 0.812. The highest BCUT2D eigenvalue weighted by Gasteiger charge is 2.15. The number of hydrogen-bond donors (Lipinski definition) is 2. The highest BCUT2D eigenvalue weighted by atomic mass is 32.1. The molecule has 6 heteroatoms. The molecule has 0 aliphatic carbocycles. The number of aliphatic hydroxyl groups is 1. The van der Waals surface area contributed by atoms with E-state index < -0.39 is 0 Å². The zero-order valence-electron chi connectivity index (χ0n) is 10.2. The molecule has 2 rings (SSSR count). The molecule has 5 nitrogen and oxygen atoms in total. The molecule has 0 aliphatic heterocycles. The fraction of sp³-hybridized carbons (Fsp3) is 0.308. The topological polar surface area (TPSA) is 71.7 Å². The summed E-state index contributed by atoms with van der Waals surface area (Å²) in [6.45, 7) is 0.548. The SMILES string of the molecule is O=C(NCC(OCCO)c1cccs1)c1ccoc1. The maximum atomic E-state index is 11.8. The Bertz CT molecular complexity index is 481. The van der Waals surface area contributed by atoms with Gasteiger partial charge in [-0.25, -0.2) is 0 Å². The molecular weight excluding hydrogens is 266 g/mol. The van der Waals surface area contributed by atoms with E-state index >= 15 is 0 Å². The van der Waals surface area contributed by atoms with Crippen LogP contribution in [0.15, 0.2) is 40.5 Å². The summed E-state index contributed by atoms with van der Waals surface area (Å²) in [5.74, 6) is -0.206. The monoisotopic (exact) mass is 281 g/mol. The summed E-state index contributed by atoms with van der Waals surface area (Å²) in [5, 5.41) is 13.5. The van der Waals surface area contributed by atoms with Crippen LogP contribution in [0.5, 0.6) is 0 Å². The molecule has 19 heavy (non-hydrogen) atoms. The van der Waals surface area contributed by atoms with E-state index in [2.05, 4.69) is 5.32 Å². The number of furan rings is 1. The van der Waals surface area contributed by atoms with Crippen molar-refractivity contribution in [2.45, 2.75) is 6.10 Å². The Kier molecular flexibility index (Phi) is 5.14. The maximum absolute atomic E-state index is 11.8. The zero-order valence-corrected chi connectivity index (χ0v) is 11.1. The summed E-state index contributed by atoms with van der Waals surface area (Å²) in [5.41, 5.74) is 0.479. The number of nitrogens with one attached hydrogen (secondary N) is 1. The molecule has 0 radical (unpaired) electrons. The van der Waals surface area contributed by atoms with Crippen LogP contribution >= 0.6 is 11.3 Å². The number of aliphatic hydroxyl groups excluding tert-OH is 1. The number of rotatable bonds is 7. The summed E-state index contributed by atoms with van der Waals surface area (Å²) in [4.78, 5) is 12.8. The molecule has 0 aliphatic rings. The number of ether oxygens (including phenoxy) is 1. The van der Waals surface area contributed by atoms with Gasteiger partial charge in [-0.3, -0.25) is 4.79 Å². The van der Waals surface area contributed by atoms with E-state index in [9.17, 15) is 4.79 Å². The third-order valence-corrected chi connectivity index (χ3v) is 3.47. The minimum absolute atomic E-state index is 0.0441. The summed E-state index contributed by atoms with van der Waals surface area (Å²) in [6, 6.07) is 5.47. The lowest BCUT2D eigenvalue weighted by Gasteiger charge is -2.16. The van der Waals surface area contributed by atoms with Crippen molar-refractivity contribution in [1.82, 2.24) is 5.32 Å². The summed E-state index contributed by atoms with van der Waals surface area (Å²) < 4.78 is 10.4. The lowest BCUT2D eigenvalue weighted by atomic mass is 10.2. The van der Waals surface area contributed by atoms with Crippen molar-refractivity contribution < 1.29 is 19.1 Å². The van der Waals surface area contributed by atoms with Crippen LogP contribution in [-0.4, -0.2) is 30.8 Å². The summed E-state index contributed by atoms with van der Waals surface area (Å²) >= 11 is 1.55. The van der Waals surface area contributed by atoms with Crippen LogP contribution in [0.25, 0.3) is 0 Å². The first kappa shape index (κ1) is 13.8. The van der Waals surface area contributed by atoms with Crippen molar-refractivity contribution in [2.75, 3.05) is 19.8 Å². The molecule has 2 aromatic heterocycles. The molecule has 2 aromatic rings. The van der Waals surface area contributed by atoms with Crippen molar-refractivity contribution in [3.05, 3.63) is 46.5 Å². The molecule has 1 amide bonds. The lowest BCUT2D eigenvalue weighted by molar-refractivity contribution is 0.0296. The van der Waals surface area contributed by atoms with Crippen LogP contribution in [0.2, 0.25) is 0 Å². The van der Waals surface area contributed by atoms with Crippen LogP contribution < -0.4 is 5.32 Å². The van der Waals surface area contributed by atoms with E-state index in [-0.39, 0.29) is 25.2 Å². The van der Waals surface area contributed by atoms with Gasteiger partial charge in [0.2, 0.25) is 0 Å². The predicted octanol–water partition coefficient (Wildman–Crippen LogP) is 1.82. The fourth-order valence-corrected chi connectivity index (χ4v) is 2.37. The Labute approximate surface area is 114 Å². The number of carbonyl (C=O) groups excluding carboxylic acids is 1. The second-order valence-electron chi connectivity index (χ2n) is 3.82. The Balaban J connectivity index is 1.91. The number of amides is 1. The highest BCUT2D eigenvalue weighted by Crippen LogP contribution is 2.21. The molecule has 1 atom stereocenters.